The van der Waals surface area contributed by atoms with Gasteiger partial charge < -0.3 is 10.2 Å². The fourth-order valence-electron chi connectivity index (χ4n) is 4.08. The summed E-state index contributed by atoms with van der Waals surface area (Å²) >= 11 is 0. The zero-order valence-corrected chi connectivity index (χ0v) is 17.3. The van der Waals surface area contributed by atoms with Gasteiger partial charge in [0.25, 0.3) is 0 Å². The van der Waals surface area contributed by atoms with Gasteiger partial charge in [-0.05, 0) is 56.4 Å². The van der Waals surface area contributed by atoms with Crippen LogP contribution in [0.4, 0.5) is 5.69 Å². The summed E-state index contributed by atoms with van der Waals surface area (Å²) in [6.07, 6.45) is 2.26. The van der Waals surface area contributed by atoms with Crippen LogP contribution < -0.4 is 10.0 Å². The summed E-state index contributed by atoms with van der Waals surface area (Å²) in [5.41, 5.74) is 2.54. The number of carbonyl (C=O) groups is 1. The second-order valence-electron chi connectivity index (χ2n) is 7.73. The lowest BCUT2D eigenvalue weighted by molar-refractivity contribution is -0.132. The molecule has 2 aromatic rings. The number of likely N-dealkylation sites (tertiary alicyclic amines) is 1. The molecule has 29 heavy (non-hydrogen) atoms. The summed E-state index contributed by atoms with van der Waals surface area (Å²) in [4.78, 5) is 19.2. The van der Waals surface area contributed by atoms with Gasteiger partial charge >= 0.3 is 0 Å². The highest BCUT2D eigenvalue weighted by molar-refractivity contribution is 7.89. The SMILES string of the molecule is Cc1cccc(CCC(=O)N2CCC([C@@H]3Nc4ccccc4S(=O)(=O)N3)CC2)n1. The van der Waals surface area contributed by atoms with Crippen molar-refractivity contribution in [2.24, 2.45) is 5.92 Å². The molecule has 2 aliphatic rings. The molecule has 8 heteroatoms. The third-order valence-corrected chi connectivity index (χ3v) is 7.17. The van der Waals surface area contributed by atoms with Crippen LogP contribution in [0.2, 0.25) is 0 Å². The molecule has 154 valence electrons. The second-order valence-corrected chi connectivity index (χ2v) is 9.41. The molecule has 2 aliphatic heterocycles. The fraction of sp³-hybridized carbons (Fsp3) is 0.429. The minimum atomic E-state index is -3.51. The minimum absolute atomic E-state index is 0.134. The topological polar surface area (TPSA) is 91.4 Å². The van der Waals surface area contributed by atoms with Gasteiger partial charge in [-0.3, -0.25) is 9.78 Å². The average Bonchev–Trinajstić information content (AvgIpc) is 2.72. The Hall–Kier alpha value is -2.45. The molecule has 0 spiro atoms. The fourth-order valence-corrected chi connectivity index (χ4v) is 5.46. The van der Waals surface area contributed by atoms with E-state index in [4.69, 9.17) is 0 Å². The lowest BCUT2D eigenvalue weighted by Gasteiger charge is -2.39. The molecule has 0 unspecified atom stereocenters. The number of anilines is 1. The molecule has 1 saturated heterocycles. The van der Waals surface area contributed by atoms with E-state index in [9.17, 15) is 13.2 Å². The Morgan fingerprint density at radius 2 is 1.90 bits per heavy atom. The highest BCUT2D eigenvalue weighted by Crippen LogP contribution is 2.30. The van der Waals surface area contributed by atoms with E-state index in [0.717, 1.165) is 24.2 Å². The number of amides is 1. The monoisotopic (exact) mass is 414 g/mol. The molecule has 1 amide bonds. The molecule has 1 atom stereocenters. The van der Waals surface area contributed by atoms with E-state index in [0.29, 0.717) is 31.6 Å². The Kier molecular flexibility index (Phi) is 5.56. The van der Waals surface area contributed by atoms with Crippen LogP contribution in [0.5, 0.6) is 0 Å². The largest absolute Gasteiger partial charge is 0.368 e. The molecule has 1 fully saturated rings. The number of pyridine rings is 1. The van der Waals surface area contributed by atoms with E-state index < -0.39 is 10.0 Å². The predicted octanol–water partition coefficient (Wildman–Crippen LogP) is 2.29. The van der Waals surface area contributed by atoms with E-state index in [2.05, 4.69) is 15.0 Å². The van der Waals surface area contributed by atoms with E-state index in [1.165, 1.54) is 0 Å². The predicted molar refractivity (Wildman–Crippen MR) is 111 cm³/mol. The van der Waals surface area contributed by atoms with Crippen LogP contribution in [0.15, 0.2) is 47.4 Å². The number of hydrogen-bond acceptors (Lipinski definition) is 5. The lowest BCUT2D eigenvalue weighted by atomic mass is 9.93. The van der Waals surface area contributed by atoms with Crippen LogP contribution in [-0.4, -0.2) is 43.5 Å². The van der Waals surface area contributed by atoms with Crippen molar-refractivity contribution in [2.75, 3.05) is 18.4 Å². The Labute approximate surface area is 171 Å². The maximum atomic E-state index is 12.6. The van der Waals surface area contributed by atoms with Gasteiger partial charge in [0.05, 0.1) is 11.9 Å². The number of carbonyl (C=O) groups excluding carboxylic acids is 1. The van der Waals surface area contributed by atoms with Crippen molar-refractivity contribution in [3.8, 4) is 0 Å². The quantitative estimate of drug-likeness (QED) is 0.801. The van der Waals surface area contributed by atoms with Gasteiger partial charge in [0.15, 0.2) is 0 Å². The van der Waals surface area contributed by atoms with Crippen LogP contribution >= 0.6 is 0 Å². The molecular weight excluding hydrogens is 388 g/mol. The van der Waals surface area contributed by atoms with Crippen molar-refractivity contribution in [3.63, 3.8) is 0 Å². The highest BCUT2D eigenvalue weighted by atomic mass is 32.2. The third kappa shape index (κ3) is 4.43. The number of nitrogens with zero attached hydrogens (tertiary/aromatic N) is 2. The van der Waals surface area contributed by atoms with Crippen LogP contribution in [0, 0.1) is 12.8 Å². The van der Waals surface area contributed by atoms with E-state index >= 15 is 0 Å². The maximum absolute atomic E-state index is 12.6. The molecule has 2 N–H and O–H groups in total. The van der Waals surface area contributed by atoms with Crippen LogP contribution in [-0.2, 0) is 21.2 Å². The smallest absolute Gasteiger partial charge is 0.244 e. The lowest BCUT2D eigenvalue weighted by Crippen LogP contribution is -2.52. The van der Waals surface area contributed by atoms with Crippen molar-refractivity contribution < 1.29 is 13.2 Å². The number of sulfonamides is 1. The first-order valence-electron chi connectivity index (χ1n) is 10.0. The summed E-state index contributed by atoms with van der Waals surface area (Å²) in [6, 6.07) is 12.8. The Balaban J connectivity index is 1.32. The molecule has 4 rings (SSSR count). The second kappa shape index (κ2) is 8.12. The van der Waals surface area contributed by atoms with E-state index in [1.807, 2.05) is 36.1 Å². The summed E-state index contributed by atoms with van der Waals surface area (Å²) in [5.74, 6) is 0.273. The van der Waals surface area contributed by atoms with Crippen molar-refractivity contribution >= 4 is 21.6 Å². The van der Waals surface area contributed by atoms with Crippen molar-refractivity contribution in [3.05, 3.63) is 53.9 Å². The molecular formula is C21H26N4O3S. The number of benzene rings is 1. The molecule has 0 aliphatic carbocycles. The Morgan fingerprint density at radius 1 is 1.14 bits per heavy atom. The Morgan fingerprint density at radius 3 is 2.66 bits per heavy atom. The minimum Gasteiger partial charge on any atom is -0.368 e. The van der Waals surface area contributed by atoms with Gasteiger partial charge in [-0.2, -0.15) is 4.72 Å². The first-order valence-corrected chi connectivity index (χ1v) is 11.5. The molecule has 1 aromatic heterocycles. The molecule has 0 saturated carbocycles. The summed E-state index contributed by atoms with van der Waals surface area (Å²) in [7, 11) is -3.51. The third-order valence-electron chi connectivity index (χ3n) is 5.67. The van der Waals surface area contributed by atoms with Crippen molar-refractivity contribution in [1.29, 1.82) is 0 Å². The maximum Gasteiger partial charge on any atom is 0.244 e. The van der Waals surface area contributed by atoms with Crippen LogP contribution in [0.3, 0.4) is 0 Å². The zero-order chi connectivity index (χ0) is 20.4. The highest BCUT2D eigenvalue weighted by Gasteiger charge is 2.35. The van der Waals surface area contributed by atoms with E-state index in [-0.39, 0.29) is 22.9 Å². The van der Waals surface area contributed by atoms with Gasteiger partial charge in [-0.1, -0.05) is 18.2 Å². The number of piperidine rings is 1. The number of aryl methyl sites for hydroxylation is 2. The first-order chi connectivity index (χ1) is 13.9. The Bertz CT molecular complexity index is 1000. The summed E-state index contributed by atoms with van der Waals surface area (Å²) in [5, 5.41) is 3.32. The van der Waals surface area contributed by atoms with Gasteiger partial charge in [0.2, 0.25) is 15.9 Å². The first kappa shape index (κ1) is 19.8. The van der Waals surface area contributed by atoms with Gasteiger partial charge in [0.1, 0.15) is 4.90 Å². The molecule has 1 aromatic carbocycles. The van der Waals surface area contributed by atoms with Crippen molar-refractivity contribution in [2.45, 2.75) is 43.7 Å². The number of nitrogens with one attached hydrogen (secondary N) is 2. The number of hydrogen-bond donors (Lipinski definition) is 2. The van der Waals surface area contributed by atoms with Gasteiger partial charge in [-0.25, -0.2) is 8.42 Å². The molecule has 0 radical (unpaired) electrons. The number of aromatic nitrogens is 1. The number of rotatable bonds is 4. The van der Waals surface area contributed by atoms with E-state index in [1.54, 1.807) is 18.2 Å². The van der Waals surface area contributed by atoms with Crippen molar-refractivity contribution in [1.82, 2.24) is 14.6 Å². The summed E-state index contributed by atoms with van der Waals surface area (Å²) < 4.78 is 27.8. The number of fused-ring (bicyclic) bond motifs is 1. The van der Waals surface area contributed by atoms with Crippen LogP contribution in [0.25, 0.3) is 0 Å². The zero-order valence-electron chi connectivity index (χ0n) is 16.5. The molecule has 7 nitrogen and oxygen atoms in total. The standard InChI is InChI=1S/C21H26N4O3S/c1-15-5-4-6-17(22-15)9-10-20(26)25-13-11-16(12-14-25)21-23-18-7-2-3-8-19(18)29(27,28)24-21/h2-8,16,21,23-24H,9-14H2,1H3/t21-/m1/s1. The summed E-state index contributed by atoms with van der Waals surface area (Å²) in [6.45, 7) is 3.24. The number of para-hydroxylation sites is 1. The molecule has 3 heterocycles. The van der Waals surface area contributed by atoms with Gasteiger partial charge in [-0.15, -0.1) is 0 Å². The van der Waals surface area contributed by atoms with Crippen LogP contribution in [0.1, 0.15) is 30.7 Å². The average molecular weight is 415 g/mol. The van der Waals surface area contributed by atoms with Gasteiger partial charge in [0, 0.05) is 30.9 Å². The molecule has 0 bridgehead atoms. The normalized spacial score (nSPS) is 21.3.